The number of hydrogen-bond donors (Lipinski definition) is 1. The largest absolute Gasteiger partial charge is 0.394 e. The number of rotatable bonds is 3. The summed E-state index contributed by atoms with van der Waals surface area (Å²) >= 11 is 0. The SMILES string of the molecule is COC(C)(C)C(=O)N1CCCCC1CO. The zero-order chi connectivity index (χ0) is 11.5. The van der Waals surface area contributed by atoms with Gasteiger partial charge in [-0.25, -0.2) is 0 Å². The van der Waals surface area contributed by atoms with Gasteiger partial charge in [0.1, 0.15) is 5.60 Å². The van der Waals surface area contributed by atoms with Gasteiger partial charge in [0.25, 0.3) is 5.91 Å². The van der Waals surface area contributed by atoms with E-state index in [9.17, 15) is 9.90 Å². The predicted octanol–water partition coefficient (Wildman–Crippen LogP) is 0.785. The maximum absolute atomic E-state index is 12.1. The van der Waals surface area contributed by atoms with Crippen LogP contribution in [0.25, 0.3) is 0 Å². The molecule has 1 heterocycles. The molecule has 0 bridgehead atoms. The van der Waals surface area contributed by atoms with Crippen molar-refractivity contribution in [1.82, 2.24) is 4.90 Å². The standard InChI is InChI=1S/C11H21NO3/c1-11(2,15-3)10(14)12-7-5-4-6-9(12)8-13/h9,13H,4-8H2,1-3H3. The second kappa shape index (κ2) is 4.94. The zero-order valence-corrected chi connectivity index (χ0v) is 9.82. The summed E-state index contributed by atoms with van der Waals surface area (Å²) in [6, 6.07) is -0.0272. The van der Waals surface area contributed by atoms with Crippen LogP contribution in [0.3, 0.4) is 0 Å². The Balaban J connectivity index is 2.72. The highest BCUT2D eigenvalue weighted by Gasteiger charge is 2.36. The van der Waals surface area contributed by atoms with Crippen LogP contribution in [-0.4, -0.2) is 47.8 Å². The van der Waals surface area contributed by atoms with Crippen LogP contribution in [0.15, 0.2) is 0 Å². The first-order valence-corrected chi connectivity index (χ1v) is 5.50. The van der Waals surface area contributed by atoms with Crippen molar-refractivity contribution in [3.05, 3.63) is 0 Å². The Labute approximate surface area is 91.2 Å². The van der Waals surface area contributed by atoms with Crippen LogP contribution in [0.2, 0.25) is 0 Å². The number of carbonyl (C=O) groups is 1. The molecule has 15 heavy (non-hydrogen) atoms. The molecule has 4 heteroatoms. The molecule has 1 N–H and O–H groups in total. The van der Waals surface area contributed by atoms with Crippen molar-refractivity contribution in [3.63, 3.8) is 0 Å². The molecule has 88 valence electrons. The van der Waals surface area contributed by atoms with Crippen LogP contribution in [0, 0.1) is 0 Å². The number of aliphatic hydroxyl groups is 1. The molecule has 1 amide bonds. The number of hydrogen-bond acceptors (Lipinski definition) is 3. The van der Waals surface area contributed by atoms with Gasteiger partial charge >= 0.3 is 0 Å². The van der Waals surface area contributed by atoms with Gasteiger partial charge in [-0.05, 0) is 33.1 Å². The van der Waals surface area contributed by atoms with Crippen LogP contribution in [0.1, 0.15) is 33.1 Å². The molecule has 0 aromatic rings. The van der Waals surface area contributed by atoms with Crippen LogP contribution >= 0.6 is 0 Å². The van der Waals surface area contributed by atoms with Crippen molar-refractivity contribution in [1.29, 1.82) is 0 Å². The number of likely N-dealkylation sites (tertiary alicyclic amines) is 1. The van der Waals surface area contributed by atoms with Gasteiger partial charge in [-0.2, -0.15) is 0 Å². The molecule has 0 spiro atoms. The monoisotopic (exact) mass is 215 g/mol. The van der Waals surface area contributed by atoms with Gasteiger partial charge in [0.2, 0.25) is 0 Å². The van der Waals surface area contributed by atoms with E-state index < -0.39 is 5.60 Å². The first-order chi connectivity index (χ1) is 7.03. The molecule has 1 aliphatic rings. The highest BCUT2D eigenvalue weighted by molar-refractivity contribution is 5.84. The molecule has 0 aromatic heterocycles. The smallest absolute Gasteiger partial charge is 0.254 e. The highest BCUT2D eigenvalue weighted by atomic mass is 16.5. The van der Waals surface area contributed by atoms with E-state index in [0.717, 1.165) is 25.8 Å². The van der Waals surface area contributed by atoms with Gasteiger partial charge in [-0.15, -0.1) is 0 Å². The lowest BCUT2D eigenvalue weighted by Gasteiger charge is -2.38. The van der Waals surface area contributed by atoms with Gasteiger partial charge in [-0.3, -0.25) is 4.79 Å². The lowest BCUT2D eigenvalue weighted by molar-refractivity contribution is -0.155. The lowest BCUT2D eigenvalue weighted by atomic mass is 9.99. The zero-order valence-electron chi connectivity index (χ0n) is 9.82. The number of nitrogens with zero attached hydrogens (tertiary/aromatic N) is 1. The minimum atomic E-state index is -0.787. The van der Waals surface area contributed by atoms with E-state index in [1.54, 1.807) is 18.7 Å². The molecule has 4 nitrogen and oxygen atoms in total. The van der Waals surface area contributed by atoms with Crippen LogP contribution < -0.4 is 0 Å². The topological polar surface area (TPSA) is 49.8 Å². The molecule has 0 aromatic carbocycles. The van der Waals surface area contributed by atoms with Crippen molar-refractivity contribution in [2.75, 3.05) is 20.3 Å². The van der Waals surface area contributed by atoms with Gasteiger partial charge in [0.05, 0.1) is 12.6 Å². The molecular formula is C11H21NO3. The van der Waals surface area contributed by atoms with Crippen molar-refractivity contribution in [2.45, 2.75) is 44.8 Å². The predicted molar refractivity (Wildman–Crippen MR) is 57.5 cm³/mol. The van der Waals surface area contributed by atoms with Crippen molar-refractivity contribution in [2.24, 2.45) is 0 Å². The summed E-state index contributed by atoms with van der Waals surface area (Å²) in [5, 5.41) is 9.21. The minimum Gasteiger partial charge on any atom is -0.394 e. The maximum Gasteiger partial charge on any atom is 0.254 e. The van der Waals surface area contributed by atoms with Gasteiger partial charge in [-0.1, -0.05) is 0 Å². The average Bonchev–Trinajstić information content (AvgIpc) is 2.28. The molecule has 1 fully saturated rings. The fourth-order valence-corrected chi connectivity index (χ4v) is 1.89. The third-order valence-electron chi connectivity index (χ3n) is 3.12. The minimum absolute atomic E-state index is 0.0243. The molecule has 1 saturated heterocycles. The normalized spacial score (nSPS) is 22.9. The Bertz CT molecular complexity index is 228. The van der Waals surface area contributed by atoms with Crippen LogP contribution in [0.5, 0.6) is 0 Å². The number of methoxy groups -OCH3 is 1. The molecular weight excluding hydrogens is 194 g/mol. The van der Waals surface area contributed by atoms with E-state index in [0.29, 0.717) is 0 Å². The summed E-state index contributed by atoms with van der Waals surface area (Å²) in [5.41, 5.74) is -0.787. The number of amides is 1. The van der Waals surface area contributed by atoms with E-state index in [2.05, 4.69) is 0 Å². The fraction of sp³-hybridized carbons (Fsp3) is 0.909. The molecule has 0 aliphatic carbocycles. The van der Waals surface area contributed by atoms with Gasteiger partial charge in [0.15, 0.2) is 0 Å². The van der Waals surface area contributed by atoms with E-state index in [1.165, 1.54) is 7.11 Å². The molecule has 0 saturated carbocycles. The summed E-state index contributed by atoms with van der Waals surface area (Å²) in [5.74, 6) is -0.0243. The number of piperidine rings is 1. The lowest BCUT2D eigenvalue weighted by Crippen LogP contribution is -2.53. The van der Waals surface area contributed by atoms with Crippen molar-refractivity contribution < 1.29 is 14.6 Å². The van der Waals surface area contributed by atoms with Crippen LogP contribution in [-0.2, 0) is 9.53 Å². The maximum atomic E-state index is 12.1. The Morgan fingerprint density at radius 3 is 2.73 bits per heavy atom. The molecule has 1 aliphatic heterocycles. The second-order valence-corrected chi connectivity index (χ2v) is 4.55. The number of carbonyl (C=O) groups excluding carboxylic acids is 1. The molecule has 1 unspecified atom stereocenters. The number of aliphatic hydroxyl groups excluding tert-OH is 1. The van der Waals surface area contributed by atoms with Crippen molar-refractivity contribution >= 4 is 5.91 Å². The highest BCUT2D eigenvalue weighted by Crippen LogP contribution is 2.21. The summed E-state index contributed by atoms with van der Waals surface area (Å²) < 4.78 is 5.17. The first-order valence-electron chi connectivity index (χ1n) is 5.50. The summed E-state index contributed by atoms with van der Waals surface area (Å²) in [6.07, 6.45) is 2.99. The van der Waals surface area contributed by atoms with E-state index in [4.69, 9.17) is 4.74 Å². The third kappa shape index (κ3) is 2.69. The Hall–Kier alpha value is -0.610. The van der Waals surface area contributed by atoms with E-state index in [1.807, 2.05) is 0 Å². The quantitative estimate of drug-likeness (QED) is 0.757. The Morgan fingerprint density at radius 2 is 2.20 bits per heavy atom. The number of ether oxygens (including phenoxy) is 1. The average molecular weight is 215 g/mol. The van der Waals surface area contributed by atoms with Crippen molar-refractivity contribution in [3.8, 4) is 0 Å². The van der Waals surface area contributed by atoms with E-state index >= 15 is 0 Å². The summed E-state index contributed by atoms with van der Waals surface area (Å²) in [7, 11) is 1.54. The summed E-state index contributed by atoms with van der Waals surface area (Å²) in [4.78, 5) is 13.9. The van der Waals surface area contributed by atoms with Crippen LogP contribution in [0.4, 0.5) is 0 Å². The Kier molecular flexibility index (Phi) is 4.11. The molecule has 1 atom stereocenters. The van der Waals surface area contributed by atoms with Gasteiger partial charge < -0.3 is 14.7 Å². The fourth-order valence-electron chi connectivity index (χ4n) is 1.89. The molecule has 0 radical (unpaired) electrons. The second-order valence-electron chi connectivity index (χ2n) is 4.55. The van der Waals surface area contributed by atoms with E-state index in [-0.39, 0.29) is 18.6 Å². The molecule has 1 rings (SSSR count). The first kappa shape index (κ1) is 12.5. The summed E-state index contributed by atoms with van der Waals surface area (Å²) in [6.45, 7) is 4.30. The Morgan fingerprint density at radius 1 is 1.53 bits per heavy atom. The third-order valence-corrected chi connectivity index (χ3v) is 3.12. The van der Waals surface area contributed by atoms with Gasteiger partial charge in [0, 0.05) is 13.7 Å².